The Balaban J connectivity index is 1.57. The average Bonchev–Trinajstić information content (AvgIpc) is 2.77. The van der Waals surface area contributed by atoms with Gasteiger partial charge >= 0.3 is 0 Å². The summed E-state index contributed by atoms with van der Waals surface area (Å²) in [6.45, 7) is 5.91. The van der Waals surface area contributed by atoms with E-state index in [1.807, 2.05) is 4.90 Å². The lowest BCUT2D eigenvalue weighted by Gasteiger charge is -2.35. The summed E-state index contributed by atoms with van der Waals surface area (Å²) in [5, 5.41) is 7.46. The normalized spacial score (nSPS) is 21.6. The molecule has 2 aliphatic heterocycles. The lowest BCUT2D eigenvalue weighted by molar-refractivity contribution is -0.119. The third-order valence-corrected chi connectivity index (χ3v) is 6.31. The van der Waals surface area contributed by atoms with Gasteiger partial charge in [0.1, 0.15) is 5.75 Å². The Morgan fingerprint density at radius 2 is 2.00 bits per heavy atom. The fourth-order valence-corrected chi connectivity index (χ4v) is 4.83. The van der Waals surface area contributed by atoms with Crippen molar-refractivity contribution >= 4 is 11.6 Å². The average molecular weight is 408 g/mol. The highest BCUT2D eigenvalue weighted by Crippen LogP contribution is 2.35. The fraction of sp³-hybridized carbons (Fsp3) is 0.480. The monoisotopic (exact) mass is 407 g/mol. The minimum Gasteiger partial charge on any atom is -0.496 e. The molecule has 5 nitrogen and oxygen atoms in total. The van der Waals surface area contributed by atoms with E-state index in [0.29, 0.717) is 25.0 Å². The summed E-state index contributed by atoms with van der Waals surface area (Å²) >= 11 is 0. The number of fused-ring (bicyclic) bond motifs is 1. The Bertz CT molecular complexity index is 881. The van der Waals surface area contributed by atoms with Crippen LogP contribution in [0, 0.1) is 0 Å². The Kier molecular flexibility index (Phi) is 6.40. The first-order chi connectivity index (χ1) is 14.6. The van der Waals surface area contributed by atoms with Gasteiger partial charge in [0, 0.05) is 42.3 Å². The minimum absolute atomic E-state index is 0.149. The molecule has 160 valence electrons. The number of amides is 1. The van der Waals surface area contributed by atoms with Crippen LogP contribution in [0.1, 0.15) is 55.8 Å². The van der Waals surface area contributed by atoms with Crippen molar-refractivity contribution in [3.63, 3.8) is 0 Å². The number of nitrogens with zero attached hydrogens (tertiary/aromatic N) is 1. The van der Waals surface area contributed by atoms with E-state index < -0.39 is 0 Å². The molecule has 2 heterocycles. The molecule has 1 saturated heterocycles. The smallest absolute Gasteiger partial charge is 0.227 e. The number of carbonyl (C=O) groups is 1. The van der Waals surface area contributed by atoms with Gasteiger partial charge in [-0.05, 0) is 62.9 Å². The van der Waals surface area contributed by atoms with Crippen LogP contribution in [-0.4, -0.2) is 31.6 Å². The van der Waals surface area contributed by atoms with E-state index in [1.54, 1.807) is 7.11 Å². The Labute approximate surface area is 179 Å². The van der Waals surface area contributed by atoms with Gasteiger partial charge in [-0.15, -0.1) is 0 Å². The van der Waals surface area contributed by atoms with Crippen LogP contribution in [0.4, 0.5) is 5.69 Å². The van der Waals surface area contributed by atoms with Crippen molar-refractivity contribution in [1.82, 2.24) is 10.6 Å². The Morgan fingerprint density at radius 1 is 1.20 bits per heavy atom. The maximum Gasteiger partial charge on any atom is 0.227 e. The first-order valence-corrected chi connectivity index (χ1v) is 11.1. The number of ether oxygens (including phenoxy) is 1. The molecule has 0 radical (unpaired) electrons. The van der Waals surface area contributed by atoms with E-state index in [2.05, 4.69) is 66.9 Å². The van der Waals surface area contributed by atoms with Crippen LogP contribution in [0.3, 0.4) is 0 Å². The molecule has 2 aliphatic rings. The molecular formula is C25H33N3O2. The van der Waals surface area contributed by atoms with E-state index in [0.717, 1.165) is 42.8 Å². The topological polar surface area (TPSA) is 53.6 Å². The minimum atomic E-state index is 0.149. The van der Waals surface area contributed by atoms with E-state index in [4.69, 9.17) is 4.74 Å². The van der Waals surface area contributed by atoms with Crippen molar-refractivity contribution in [3.8, 4) is 5.75 Å². The fourth-order valence-electron chi connectivity index (χ4n) is 4.83. The quantitative estimate of drug-likeness (QED) is 0.761. The van der Waals surface area contributed by atoms with E-state index in [-0.39, 0.29) is 11.9 Å². The number of hydrogen-bond acceptors (Lipinski definition) is 4. The predicted molar refractivity (Wildman–Crippen MR) is 121 cm³/mol. The van der Waals surface area contributed by atoms with Crippen molar-refractivity contribution in [2.45, 2.75) is 64.2 Å². The van der Waals surface area contributed by atoms with Crippen molar-refractivity contribution in [1.29, 1.82) is 0 Å². The van der Waals surface area contributed by atoms with Gasteiger partial charge in [0.05, 0.1) is 7.11 Å². The molecule has 2 aromatic rings. The highest BCUT2D eigenvalue weighted by molar-refractivity contribution is 5.97. The summed E-state index contributed by atoms with van der Waals surface area (Å²) in [7, 11) is 1.73. The van der Waals surface area contributed by atoms with Gasteiger partial charge in [0.25, 0.3) is 0 Å². The number of rotatable bonds is 6. The van der Waals surface area contributed by atoms with Crippen LogP contribution in [0.5, 0.6) is 5.75 Å². The molecule has 1 fully saturated rings. The number of aryl methyl sites for hydroxylation is 1. The summed E-state index contributed by atoms with van der Waals surface area (Å²) in [5.74, 6) is 1.11. The molecule has 2 unspecified atom stereocenters. The van der Waals surface area contributed by atoms with Gasteiger partial charge in [-0.2, -0.15) is 0 Å². The molecule has 0 spiro atoms. The molecular weight excluding hydrogens is 374 g/mol. The van der Waals surface area contributed by atoms with Gasteiger partial charge in [0.2, 0.25) is 5.91 Å². The summed E-state index contributed by atoms with van der Waals surface area (Å²) < 4.78 is 5.73. The standard InChI is InChI=1S/C25H33N3O2/c1-17(2)28-22-14-20(23(30-3)15-19(22)11-12-24(28)29)16-27-21-10-7-13-26-25(21)18-8-5-4-6-9-18/h4-6,8-9,14-15,17,21,25-27H,7,10-13,16H2,1-3H3. The zero-order chi connectivity index (χ0) is 21.1. The second-order valence-electron chi connectivity index (χ2n) is 8.62. The Morgan fingerprint density at radius 3 is 2.73 bits per heavy atom. The van der Waals surface area contributed by atoms with Crippen LogP contribution >= 0.6 is 0 Å². The van der Waals surface area contributed by atoms with Gasteiger partial charge in [0.15, 0.2) is 0 Å². The van der Waals surface area contributed by atoms with Crippen LogP contribution in [0.15, 0.2) is 42.5 Å². The summed E-state index contributed by atoms with van der Waals surface area (Å²) in [4.78, 5) is 14.5. The van der Waals surface area contributed by atoms with Crippen molar-refractivity contribution < 1.29 is 9.53 Å². The maximum absolute atomic E-state index is 12.5. The summed E-state index contributed by atoms with van der Waals surface area (Å²) in [6.07, 6.45) is 3.65. The zero-order valence-corrected chi connectivity index (χ0v) is 18.3. The second-order valence-corrected chi connectivity index (χ2v) is 8.62. The van der Waals surface area contributed by atoms with Crippen LogP contribution in [0.25, 0.3) is 0 Å². The summed E-state index contributed by atoms with van der Waals surface area (Å²) in [5.41, 5.74) is 4.67. The van der Waals surface area contributed by atoms with Crippen LogP contribution in [-0.2, 0) is 17.8 Å². The highest BCUT2D eigenvalue weighted by atomic mass is 16.5. The molecule has 1 amide bonds. The molecule has 0 aromatic heterocycles. The number of benzene rings is 2. The molecule has 30 heavy (non-hydrogen) atoms. The number of methoxy groups -OCH3 is 1. The molecule has 5 heteroatoms. The molecule has 2 aromatic carbocycles. The maximum atomic E-state index is 12.5. The third kappa shape index (κ3) is 4.23. The second kappa shape index (κ2) is 9.19. The SMILES string of the molecule is COc1cc2c(cc1CNC1CCCNC1c1ccccc1)N(C(C)C)C(=O)CC2. The zero-order valence-electron chi connectivity index (χ0n) is 18.3. The molecule has 0 aliphatic carbocycles. The number of anilines is 1. The molecule has 4 rings (SSSR count). The van der Waals surface area contributed by atoms with Gasteiger partial charge in [-0.3, -0.25) is 4.79 Å². The first kappa shape index (κ1) is 20.9. The molecule has 2 N–H and O–H groups in total. The van der Waals surface area contributed by atoms with Crippen molar-refractivity contribution in [2.24, 2.45) is 0 Å². The number of piperidine rings is 1. The van der Waals surface area contributed by atoms with Crippen LogP contribution < -0.4 is 20.3 Å². The first-order valence-electron chi connectivity index (χ1n) is 11.1. The number of hydrogen-bond donors (Lipinski definition) is 2. The van der Waals surface area contributed by atoms with Crippen molar-refractivity contribution in [2.75, 3.05) is 18.6 Å². The van der Waals surface area contributed by atoms with Crippen molar-refractivity contribution in [3.05, 3.63) is 59.2 Å². The van der Waals surface area contributed by atoms with E-state index >= 15 is 0 Å². The molecule has 2 atom stereocenters. The third-order valence-electron chi connectivity index (χ3n) is 6.31. The van der Waals surface area contributed by atoms with Gasteiger partial charge in [-0.25, -0.2) is 0 Å². The van der Waals surface area contributed by atoms with Crippen LogP contribution in [0.2, 0.25) is 0 Å². The number of carbonyl (C=O) groups excluding carboxylic acids is 1. The molecule has 0 bridgehead atoms. The lowest BCUT2D eigenvalue weighted by atomic mass is 9.92. The largest absolute Gasteiger partial charge is 0.496 e. The molecule has 0 saturated carbocycles. The van der Waals surface area contributed by atoms with Gasteiger partial charge < -0.3 is 20.3 Å². The lowest BCUT2D eigenvalue weighted by Crippen LogP contribution is -2.45. The highest BCUT2D eigenvalue weighted by Gasteiger charge is 2.29. The predicted octanol–water partition coefficient (Wildman–Crippen LogP) is 3.97. The van der Waals surface area contributed by atoms with Gasteiger partial charge in [-0.1, -0.05) is 30.3 Å². The summed E-state index contributed by atoms with van der Waals surface area (Å²) in [6, 6.07) is 15.8. The number of nitrogens with one attached hydrogen (secondary N) is 2. The van der Waals surface area contributed by atoms with E-state index in [1.165, 1.54) is 11.1 Å². The Hall–Kier alpha value is -2.37. The van der Waals surface area contributed by atoms with E-state index in [9.17, 15) is 4.79 Å².